The highest BCUT2D eigenvalue weighted by Gasteiger charge is 2.23. The molecule has 0 atom stereocenters. The molecule has 0 aliphatic carbocycles. The van der Waals surface area contributed by atoms with Gasteiger partial charge in [-0.1, -0.05) is 5.16 Å². The smallest absolute Gasteiger partial charge is 0.265 e. The Morgan fingerprint density at radius 3 is 2.48 bits per heavy atom. The lowest BCUT2D eigenvalue weighted by Gasteiger charge is -2.19. The van der Waals surface area contributed by atoms with Crippen molar-refractivity contribution in [2.45, 2.75) is 18.7 Å². The normalized spacial score (nSPS) is 13.2. The van der Waals surface area contributed by atoms with E-state index >= 15 is 0 Å². The number of methoxy groups -OCH3 is 1. The van der Waals surface area contributed by atoms with Crippen LogP contribution in [0.1, 0.15) is 11.3 Å². The molecule has 1 aliphatic rings. The predicted molar refractivity (Wildman–Crippen MR) is 106 cm³/mol. The summed E-state index contributed by atoms with van der Waals surface area (Å²) in [5.41, 5.74) is 2.53. The van der Waals surface area contributed by atoms with E-state index in [0.717, 1.165) is 11.3 Å². The van der Waals surface area contributed by atoms with Gasteiger partial charge in [0, 0.05) is 17.2 Å². The molecule has 0 amide bonds. The standard InChI is InChI=1S/C20H20N2O6S/c1-12-13(2)21-28-20(12)14-4-6-17(25-3)19(10-14)29(23,24)22-15-5-7-16-18(11-15)27-9-8-26-16/h4-7,10-11,22H,8-9H2,1-3H3. The van der Waals surface area contributed by atoms with Crippen LogP contribution in [0.15, 0.2) is 45.8 Å². The summed E-state index contributed by atoms with van der Waals surface area (Å²) >= 11 is 0. The second-order valence-electron chi connectivity index (χ2n) is 6.55. The Balaban J connectivity index is 1.72. The number of fused-ring (bicyclic) bond motifs is 1. The third-order valence-corrected chi connectivity index (χ3v) is 6.07. The van der Waals surface area contributed by atoms with Crippen molar-refractivity contribution in [2.75, 3.05) is 25.0 Å². The number of benzene rings is 2. The second kappa shape index (κ2) is 7.32. The number of nitrogens with zero attached hydrogens (tertiary/aromatic N) is 1. The summed E-state index contributed by atoms with van der Waals surface area (Å²) in [6, 6.07) is 9.70. The van der Waals surface area contributed by atoms with Crippen LogP contribution in [0.4, 0.5) is 5.69 Å². The summed E-state index contributed by atoms with van der Waals surface area (Å²) in [7, 11) is -2.53. The van der Waals surface area contributed by atoms with Crippen LogP contribution in [0, 0.1) is 13.8 Å². The van der Waals surface area contributed by atoms with Crippen LogP contribution < -0.4 is 18.9 Å². The Morgan fingerprint density at radius 1 is 1.03 bits per heavy atom. The Hall–Kier alpha value is -3.20. The van der Waals surface area contributed by atoms with E-state index in [1.807, 2.05) is 13.8 Å². The van der Waals surface area contributed by atoms with Crippen LogP contribution in [-0.4, -0.2) is 33.9 Å². The van der Waals surface area contributed by atoms with E-state index in [2.05, 4.69) is 9.88 Å². The van der Waals surface area contributed by atoms with E-state index < -0.39 is 10.0 Å². The van der Waals surface area contributed by atoms with Crippen LogP contribution in [0.3, 0.4) is 0 Å². The van der Waals surface area contributed by atoms with Crippen molar-refractivity contribution in [3.8, 4) is 28.6 Å². The van der Waals surface area contributed by atoms with Crippen LogP contribution >= 0.6 is 0 Å². The van der Waals surface area contributed by atoms with Gasteiger partial charge in [-0.2, -0.15) is 0 Å². The van der Waals surface area contributed by atoms with Gasteiger partial charge in [0.25, 0.3) is 10.0 Å². The van der Waals surface area contributed by atoms with Gasteiger partial charge in [0.1, 0.15) is 23.9 Å². The number of anilines is 1. The highest BCUT2D eigenvalue weighted by Crippen LogP contribution is 2.36. The van der Waals surface area contributed by atoms with E-state index in [4.69, 9.17) is 18.7 Å². The monoisotopic (exact) mass is 416 g/mol. The summed E-state index contributed by atoms with van der Waals surface area (Å²) in [5, 5.41) is 3.94. The maximum absolute atomic E-state index is 13.1. The van der Waals surface area contributed by atoms with Gasteiger partial charge in [0.15, 0.2) is 17.3 Å². The molecule has 9 heteroatoms. The quantitative estimate of drug-likeness (QED) is 0.679. The molecule has 1 aliphatic heterocycles. The molecule has 0 unspecified atom stereocenters. The van der Waals surface area contributed by atoms with Gasteiger partial charge in [-0.05, 0) is 44.2 Å². The van der Waals surface area contributed by atoms with Gasteiger partial charge >= 0.3 is 0 Å². The fourth-order valence-electron chi connectivity index (χ4n) is 3.03. The summed E-state index contributed by atoms with van der Waals surface area (Å²) < 4.78 is 50.4. The second-order valence-corrected chi connectivity index (χ2v) is 8.20. The zero-order valence-electron chi connectivity index (χ0n) is 16.2. The maximum atomic E-state index is 13.1. The first-order valence-corrected chi connectivity index (χ1v) is 10.4. The van der Waals surface area contributed by atoms with E-state index in [-0.39, 0.29) is 10.6 Å². The zero-order valence-corrected chi connectivity index (χ0v) is 17.0. The summed E-state index contributed by atoms with van der Waals surface area (Å²) in [4.78, 5) is -0.0131. The van der Waals surface area contributed by atoms with Gasteiger partial charge in [-0.25, -0.2) is 8.42 Å². The summed E-state index contributed by atoms with van der Waals surface area (Å²) in [6.07, 6.45) is 0. The molecular weight excluding hydrogens is 396 g/mol. The molecule has 0 radical (unpaired) electrons. The fraction of sp³-hybridized carbons (Fsp3) is 0.250. The molecule has 2 aromatic carbocycles. The molecule has 0 saturated heterocycles. The first kappa shape index (κ1) is 19.1. The minimum atomic E-state index is -3.95. The average Bonchev–Trinajstić information content (AvgIpc) is 3.05. The molecule has 1 aromatic heterocycles. The van der Waals surface area contributed by atoms with Gasteiger partial charge in [0.2, 0.25) is 0 Å². The molecule has 0 bridgehead atoms. The van der Waals surface area contributed by atoms with Crippen LogP contribution in [0.5, 0.6) is 17.2 Å². The molecule has 2 heterocycles. The van der Waals surface area contributed by atoms with Crippen LogP contribution in [0.25, 0.3) is 11.3 Å². The predicted octanol–water partition coefficient (Wildman–Crippen LogP) is 3.54. The van der Waals surface area contributed by atoms with Crippen molar-refractivity contribution in [2.24, 2.45) is 0 Å². The minimum absolute atomic E-state index is 0.0131. The first-order chi connectivity index (χ1) is 13.9. The van der Waals surface area contributed by atoms with Crippen LogP contribution in [0.2, 0.25) is 0 Å². The summed E-state index contributed by atoms with van der Waals surface area (Å²) in [5.74, 6) is 1.80. The number of rotatable bonds is 5. The average molecular weight is 416 g/mol. The van der Waals surface area contributed by atoms with Gasteiger partial charge in [-0.15, -0.1) is 0 Å². The minimum Gasteiger partial charge on any atom is -0.495 e. The molecule has 4 rings (SSSR count). The molecule has 1 N–H and O–H groups in total. The van der Waals surface area contributed by atoms with Crippen molar-refractivity contribution in [3.05, 3.63) is 47.7 Å². The van der Waals surface area contributed by atoms with Gasteiger partial charge in [-0.3, -0.25) is 4.72 Å². The fourth-order valence-corrected chi connectivity index (χ4v) is 4.28. The number of hydrogen-bond acceptors (Lipinski definition) is 7. The molecular formula is C20H20N2O6S. The van der Waals surface area contributed by atoms with E-state index in [1.54, 1.807) is 30.3 Å². The molecule has 3 aromatic rings. The van der Waals surface area contributed by atoms with Crippen molar-refractivity contribution < 1.29 is 27.2 Å². The van der Waals surface area contributed by atoms with E-state index in [1.165, 1.54) is 13.2 Å². The van der Waals surface area contributed by atoms with Crippen molar-refractivity contribution in [3.63, 3.8) is 0 Å². The Morgan fingerprint density at radius 2 is 1.79 bits per heavy atom. The van der Waals surface area contributed by atoms with Gasteiger partial charge < -0.3 is 18.7 Å². The lowest BCUT2D eigenvalue weighted by molar-refractivity contribution is 0.171. The lowest BCUT2D eigenvalue weighted by atomic mass is 10.1. The number of sulfonamides is 1. The molecule has 0 spiro atoms. The molecule has 152 valence electrons. The van der Waals surface area contributed by atoms with Crippen molar-refractivity contribution in [1.29, 1.82) is 0 Å². The zero-order chi connectivity index (χ0) is 20.6. The van der Waals surface area contributed by atoms with Crippen LogP contribution in [-0.2, 0) is 10.0 Å². The number of nitrogens with one attached hydrogen (secondary N) is 1. The maximum Gasteiger partial charge on any atom is 0.265 e. The Labute approximate surface area is 168 Å². The highest BCUT2D eigenvalue weighted by molar-refractivity contribution is 7.92. The molecule has 8 nitrogen and oxygen atoms in total. The van der Waals surface area contributed by atoms with E-state index in [0.29, 0.717) is 41.7 Å². The third-order valence-electron chi connectivity index (χ3n) is 4.67. The number of ether oxygens (including phenoxy) is 3. The molecule has 0 fully saturated rings. The van der Waals surface area contributed by atoms with Gasteiger partial charge in [0.05, 0.1) is 18.5 Å². The Kier molecular flexibility index (Phi) is 4.83. The SMILES string of the molecule is COc1ccc(-c2onc(C)c2C)cc1S(=O)(=O)Nc1ccc2c(c1)OCCO2. The third kappa shape index (κ3) is 3.61. The molecule has 29 heavy (non-hydrogen) atoms. The number of aromatic nitrogens is 1. The number of hydrogen-bond donors (Lipinski definition) is 1. The largest absolute Gasteiger partial charge is 0.495 e. The topological polar surface area (TPSA) is 99.9 Å². The van der Waals surface area contributed by atoms with E-state index in [9.17, 15) is 8.42 Å². The Bertz CT molecular complexity index is 1170. The van der Waals surface area contributed by atoms with Crippen molar-refractivity contribution in [1.82, 2.24) is 5.16 Å². The van der Waals surface area contributed by atoms with Crippen molar-refractivity contribution >= 4 is 15.7 Å². The highest BCUT2D eigenvalue weighted by atomic mass is 32.2. The number of aryl methyl sites for hydroxylation is 1. The molecule has 0 saturated carbocycles. The first-order valence-electron chi connectivity index (χ1n) is 8.93. The summed E-state index contributed by atoms with van der Waals surface area (Å²) in [6.45, 7) is 4.57. The lowest BCUT2D eigenvalue weighted by Crippen LogP contribution is -2.17.